The molecule has 344 valence electrons. The lowest BCUT2D eigenvalue weighted by Gasteiger charge is -2.20. The molecule has 0 aliphatic heterocycles. The number of allylic oxidation sites excluding steroid dienone is 4. The minimum absolute atomic E-state index is 0.0760. The standard InChI is InChI=1S/C47H85NO11/c1-6-11-14-17-20-23-26-35-53-43(49)30-24-25-31-44(50)57-39-42(41-59-47(52)56-38-29-34-48(9-4)10-5)40-58-45(51)32-33-46(54-36-27-21-18-15-12-7-2)55-37-28-22-19-16-13-8-3/h12-13,15-16,42,46H,6-11,14,17-41H2,1-5H3/b15-12-,16-13-. The lowest BCUT2D eigenvalue weighted by molar-refractivity contribution is -0.161. The number of rotatable bonds is 42. The number of nitrogens with zero attached hydrogens (tertiary/aromatic N) is 1. The van der Waals surface area contributed by atoms with Gasteiger partial charge in [0.1, 0.15) is 19.8 Å². The van der Waals surface area contributed by atoms with E-state index in [1.165, 1.54) is 25.7 Å². The van der Waals surface area contributed by atoms with Gasteiger partial charge in [-0.15, -0.1) is 0 Å². The maximum Gasteiger partial charge on any atom is 0.508 e. The molecule has 0 aliphatic rings. The highest BCUT2D eigenvalue weighted by atomic mass is 16.7. The molecular weight excluding hydrogens is 755 g/mol. The molecule has 0 heterocycles. The van der Waals surface area contributed by atoms with Crippen molar-refractivity contribution in [2.24, 2.45) is 5.92 Å². The monoisotopic (exact) mass is 840 g/mol. The third-order valence-corrected chi connectivity index (χ3v) is 9.68. The Labute approximate surface area is 358 Å². The van der Waals surface area contributed by atoms with Crippen LogP contribution < -0.4 is 0 Å². The highest BCUT2D eigenvalue weighted by Gasteiger charge is 2.20. The average molecular weight is 840 g/mol. The van der Waals surface area contributed by atoms with E-state index in [-0.39, 0.29) is 51.7 Å². The van der Waals surface area contributed by atoms with Crippen molar-refractivity contribution >= 4 is 24.1 Å². The van der Waals surface area contributed by atoms with Crippen LogP contribution >= 0.6 is 0 Å². The molecule has 12 heteroatoms. The van der Waals surface area contributed by atoms with Crippen LogP contribution in [0.5, 0.6) is 0 Å². The molecule has 0 radical (unpaired) electrons. The first-order valence-electron chi connectivity index (χ1n) is 23.3. The van der Waals surface area contributed by atoms with Crippen molar-refractivity contribution in [3.05, 3.63) is 24.3 Å². The van der Waals surface area contributed by atoms with Gasteiger partial charge in [-0.25, -0.2) is 4.79 Å². The number of carbonyl (C=O) groups is 4. The molecule has 0 aromatic rings. The van der Waals surface area contributed by atoms with Crippen molar-refractivity contribution in [1.82, 2.24) is 4.90 Å². The zero-order valence-corrected chi connectivity index (χ0v) is 38.0. The minimum Gasteiger partial charge on any atom is -0.466 e. The van der Waals surface area contributed by atoms with E-state index in [0.29, 0.717) is 45.5 Å². The average Bonchev–Trinajstić information content (AvgIpc) is 3.23. The first-order chi connectivity index (χ1) is 28.8. The molecule has 0 spiro atoms. The summed E-state index contributed by atoms with van der Waals surface area (Å²) in [5.41, 5.74) is 0. The van der Waals surface area contributed by atoms with Crippen LogP contribution in [0.25, 0.3) is 0 Å². The zero-order chi connectivity index (χ0) is 43.4. The molecule has 0 aromatic carbocycles. The molecule has 0 N–H and O–H groups in total. The van der Waals surface area contributed by atoms with Crippen LogP contribution in [0.3, 0.4) is 0 Å². The topological polar surface area (TPSA) is 136 Å². The Balaban J connectivity index is 4.93. The second kappa shape index (κ2) is 43.1. The van der Waals surface area contributed by atoms with E-state index in [2.05, 4.69) is 63.8 Å². The number of ether oxygens (including phenoxy) is 7. The Morgan fingerprint density at radius 1 is 0.475 bits per heavy atom. The predicted octanol–water partition coefficient (Wildman–Crippen LogP) is 10.8. The number of esters is 3. The second-order valence-corrected chi connectivity index (χ2v) is 15.0. The van der Waals surface area contributed by atoms with Crippen LogP contribution in [-0.2, 0) is 47.5 Å². The smallest absolute Gasteiger partial charge is 0.466 e. The van der Waals surface area contributed by atoms with Gasteiger partial charge in [-0.3, -0.25) is 14.4 Å². The summed E-state index contributed by atoms with van der Waals surface area (Å²) in [7, 11) is 0. The van der Waals surface area contributed by atoms with Gasteiger partial charge in [0.15, 0.2) is 6.29 Å². The Kier molecular flexibility index (Phi) is 41.0. The van der Waals surface area contributed by atoms with Gasteiger partial charge in [-0.2, -0.15) is 0 Å². The minimum atomic E-state index is -0.828. The summed E-state index contributed by atoms with van der Waals surface area (Å²) >= 11 is 0. The number of unbranched alkanes of at least 4 members (excludes halogenated alkanes) is 11. The molecular formula is C47H85NO11. The van der Waals surface area contributed by atoms with Crippen molar-refractivity contribution in [2.75, 3.05) is 65.9 Å². The third kappa shape index (κ3) is 39.0. The van der Waals surface area contributed by atoms with E-state index in [0.717, 1.165) is 90.3 Å². The van der Waals surface area contributed by atoms with Crippen molar-refractivity contribution < 1.29 is 52.3 Å². The lowest BCUT2D eigenvalue weighted by atomic mass is 10.1. The van der Waals surface area contributed by atoms with Gasteiger partial charge < -0.3 is 38.1 Å². The van der Waals surface area contributed by atoms with E-state index < -0.39 is 30.3 Å². The van der Waals surface area contributed by atoms with Gasteiger partial charge in [0.2, 0.25) is 0 Å². The summed E-state index contributed by atoms with van der Waals surface area (Å²) in [4.78, 5) is 52.2. The van der Waals surface area contributed by atoms with Crippen LogP contribution in [0.1, 0.15) is 176 Å². The Hall–Kier alpha value is -2.96. The third-order valence-electron chi connectivity index (χ3n) is 9.68. The molecule has 1 atom stereocenters. The van der Waals surface area contributed by atoms with Gasteiger partial charge in [0, 0.05) is 39.0 Å². The Morgan fingerprint density at radius 3 is 1.53 bits per heavy atom. The van der Waals surface area contributed by atoms with Crippen molar-refractivity contribution in [1.29, 1.82) is 0 Å². The summed E-state index contributed by atoms with van der Waals surface area (Å²) in [5.74, 6) is -1.75. The van der Waals surface area contributed by atoms with Gasteiger partial charge in [0.05, 0.1) is 25.6 Å². The molecule has 59 heavy (non-hydrogen) atoms. The molecule has 0 saturated carbocycles. The van der Waals surface area contributed by atoms with Crippen molar-refractivity contribution in [2.45, 2.75) is 182 Å². The van der Waals surface area contributed by atoms with Gasteiger partial charge in [-0.1, -0.05) is 97.4 Å². The SMILES string of the molecule is CC/C=C\CCCCOC(CCC(=O)OCC(COC(=O)CCCCC(=O)OCCCCCCCCC)COC(=O)OCCCN(CC)CC)OCCCC/C=C\CC. The fraction of sp³-hybridized carbons (Fsp3) is 0.830. The number of carbonyl (C=O) groups excluding carboxylic acids is 4. The summed E-state index contributed by atoms with van der Waals surface area (Å²) in [5, 5.41) is 0. The fourth-order valence-electron chi connectivity index (χ4n) is 5.95. The van der Waals surface area contributed by atoms with Crippen LogP contribution in [0.2, 0.25) is 0 Å². The Morgan fingerprint density at radius 2 is 0.966 bits per heavy atom. The van der Waals surface area contributed by atoms with Crippen LogP contribution in [0, 0.1) is 5.92 Å². The fourth-order valence-corrected chi connectivity index (χ4v) is 5.95. The molecule has 1 unspecified atom stereocenters. The van der Waals surface area contributed by atoms with E-state index in [4.69, 9.17) is 33.2 Å². The van der Waals surface area contributed by atoms with Gasteiger partial charge in [-0.05, 0) is 90.1 Å². The number of hydrogen-bond acceptors (Lipinski definition) is 12. The highest BCUT2D eigenvalue weighted by Crippen LogP contribution is 2.13. The molecule has 0 amide bonds. The zero-order valence-electron chi connectivity index (χ0n) is 38.0. The van der Waals surface area contributed by atoms with E-state index in [9.17, 15) is 19.2 Å². The molecule has 0 rings (SSSR count). The quantitative estimate of drug-likeness (QED) is 0.0190. The van der Waals surface area contributed by atoms with Crippen LogP contribution in [0.4, 0.5) is 4.79 Å². The summed E-state index contributed by atoms with van der Waals surface area (Å²) in [6.07, 6.45) is 25.8. The first-order valence-corrected chi connectivity index (χ1v) is 23.3. The predicted molar refractivity (Wildman–Crippen MR) is 234 cm³/mol. The van der Waals surface area contributed by atoms with E-state index in [1.807, 2.05) is 0 Å². The molecule has 0 aliphatic carbocycles. The molecule has 0 aromatic heterocycles. The number of hydrogen-bond donors (Lipinski definition) is 0. The maximum absolute atomic E-state index is 12.9. The Bertz CT molecular complexity index is 1040. The van der Waals surface area contributed by atoms with Crippen LogP contribution in [-0.4, -0.2) is 101 Å². The summed E-state index contributed by atoms with van der Waals surface area (Å²) in [6.45, 7) is 14.6. The molecule has 0 bridgehead atoms. The van der Waals surface area contributed by atoms with Gasteiger partial charge in [0.25, 0.3) is 0 Å². The van der Waals surface area contributed by atoms with Crippen LogP contribution in [0.15, 0.2) is 24.3 Å². The normalized spacial score (nSPS) is 12.1. The van der Waals surface area contributed by atoms with Crippen molar-refractivity contribution in [3.63, 3.8) is 0 Å². The summed E-state index contributed by atoms with van der Waals surface area (Å²) in [6, 6.07) is 0. The van der Waals surface area contributed by atoms with Crippen molar-refractivity contribution in [3.8, 4) is 0 Å². The first kappa shape index (κ1) is 56.0. The van der Waals surface area contributed by atoms with E-state index in [1.54, 1.807) is 0 Å². The lowest BCUT2D eigenvalue weighted by Crippen LogP contribution is -2.28. The maximum atomic E-state index is 12.9. The highest BCUT2D eigenvalue weighted by molar-refractivity contribution is 5.70. The second-order valence-electron chi connectivity index (χ2n) is 15.0. The van der Waals surface area contributed by atoms with Gasteiger partial charge >= 0.3 is 24.1 Å². The van der Waals surface area contributed by atoms with E-state index >= 15 is 0 Å². The molecule has 12 nitrogen and oxygen atoms in total. The summed E-state index contributed by atoms with van der Waals surface area (Å²) < 4.78 is 39.0. The largest absolute Gasteiger partial charge is 0.508 e. The molecule has 0 saturated heterocycles. The molecule has 0 fully saturated rings.